The molecule has 0 aliphatic rings. The molecule has 1 aromatic rings. The molecule has 0 bridgehead atoms. The summed E-state index contributed by atoms with van der Waals surface area (Å²) in [5.41, 5.74) is 0.903. The van der Waals surface area contributed by atoms with E-state index < -0.39 is 0 Å². The normalized spacial score (nSPS) is 13.6. The molecule has 0 fully saturated rings. The maximum absolute atomic E-state index is 9.78. The Morgan fingerprint density at radius 2 is 2.15 bits per heavy atom. The quantitative estimate of drug-likeness (QED) is 0.772. The van der Waals surface area contributed by atoms with Gasteiger partial charge >= 0.3 is 0 Å². The number of rotatable bonds is 4. The van der Waals surface area contributed by atoms with Crippen molar-refractivity contribution in [1.82, 2.24) is 9.55 Å². The molecule has 1 N–H and O–H groups in total. The van der Waals surface area contributed by atoms with Gasteiger partial charge in [0.1, 0.15) is 0 Å². The lowest BCUT2D eigenvalue weighted by atomic mass is 10.0. The van der Waals surface area contributed by atoms with Crippen molar-refractivity contribution in [3.05, 3.63) is 18.2 Å². The van der Waals surface area contributed by atoms with Gasteiger partial charge in [-0.25, -0.2) is 4.98 Å². The average molecular weight is 182 g/mol. The highest BCUT2D eigenvalue weighted by Gasteiger charge is 2.11. The van der Waals surface area contributed by atoms with E-state index in [0.29, 0.717) is 5.92 Å². The summed E-state index contributed by atoms with van der Waals surface area (Å²) in [5.74, 6) is 0.642. The molecule has 13 heavy (non-hydrogen) atoms. The maximum atomic E-state index is 9.78. The molecular weight excluding hydrogens is 164 g/mol. The average Bonchev–Trinajstić information content (AvgIpc) is 2.47. The van der Waals surface area contributed by atoms with E-state index in [-0.39, 0.29) is 6.10 Å². The Morgan fingerprint density at radius 1 is 1.46 bits per heavy atom. The fraction of sp³-hybridized carbons (Fsp3) is 0.700. The zero-order chi connectivity index (χ0) is 9.84. The lowest BCUT2D eigenvalue weighted by Gasteiger charge is -2.12. The first-order valence-electron chi connectivity index (χ1n) is 4.75. The van der Waals surface area contributed by atoms with Crippen LogP contribution in [0.4, 0.5) is 0 Å². The minimum absolute atomic E-state index is 0.366. The molecule has 3 nitrogen and oxygen atoms in total. The van der Waals surface area contributed by atoms with Crippen LogP contribution in [0.3, 0.4) is 0 Å². The van der Waals surface area contributed by atoms with Gasteiger partial charge in [-0.15, -0.1) is 0 Å². The van der Waals surface area contributed by atoms with Gasteiger partial charge < -0.3 is 9.67 Å². The van der Waals surface area contributed by atoms with E-state index >= 15 is 0 Å². The molecule has 1 heterocycles. The Hall–Kier alpha value is -0.830. The molecule has 0 spiro atoms. The number of aliphatic hydroxyl groups is 1. The zero-order valence-corrected chi connectivity index (χ0v) is 8.57. The van der Waals surface area contributed by atoms with Crippen molar-refractivity contribution in [2.75, 3.05) is 0 Å². The number of hydrogen-bond donors (Lipinski definition) is 1. The molecular formula is C10H18N2O. The Bertz CT molecular complexity index is 255. The van der Waals surface area contributed by atoms with Crippen molar-refractivity contribution in [3.63, 3.8) is 0 Å². The van der Waals surface area contributed by atoms with Gasteiger partial charge in [-0.1, -0.05) is 13.8 Å². The third kappa shape index (κ3) is 2.84. The van der Waals surface area contributed by atoms with Gasteiger partial charge in [0.05, 0.1) is 24.3 Å². The number of hydrogen-bond acceptors (Lipinski definition) is 2. The molecule has 1 rings (SSSR count). The van der Waals surface area contributed by atoms with Crippen LogP contribution < -0.4 is 0 Å². The molecule has 0 saturated heterocycles. The molecule has 0 saturated carbocycles. The zero-order valence-electron chi connectivity index (χ0n) is 8.57. The van der Waals surface area contributed by atoms with Gasteiger partial charge in [-0.05, 0) is 18.8 Å². The van der Waals surface area contributed by atoms with Gasteiger partial charge in [-0.2, -0.15) is 0 Å². The van der Waals surface area contributed by atoms with Crippen molar-refractivity contribution in [3.8, 4) is 0 Å². The molecule has 0 amide bonds. The van der Waals surface area contributed by atoms with E-state index in [1.165, 1.54) is 0 Å². The molecule has 0 aromatic carbocycles. The Morgan fingerprint density at radius 3 is 2.62 bits per heavy atom. The topological polar surface area (TPSA) is 38.1 Å². The van der Waals surface area contributed by atoms with Crippen molar-refractivity contribution < 1.29 is 5.11 Å². The highest BCUT2D eigenvalue weighted by Crippen LogP contribution is 2.19. The smallest absolute Gasteiger partial charge is 0.0955 e. The summed E-state index contributed by atoms with van der Waals surface area (Å²) >= 11 is 0. The molecule has 74 valence electrons. The SMILES string of the molecule is CC(C)CCC(O)c1cncn1C. The molecule has 3 heteroatoms. The predicted octanol–water partition coefficient (Wildman–Crippen LogP) is 1.89. The van der Waals surface area contributed by atoms with Gasteiger partial charge in [0, 0.05) is 7.05 Å². The third-order valence-corrected chi connectivity index (χ3v) is 2.21. The minimum Gasteiger partial charge on any atom is -0.387 e. The monoisotopic (exact) mass is 182 g/mol. The third-order valence-electron chi connectivity index (χ3n) is 2.21. The van der Waals surface area contributed by atoms with Crippen LogP contribution in [0.1, 0.15) is 38.5 Å². The molecule has 1 unspecified atom stereocenters. The van der Waals surface area contributed by atoms with Gasteiger partial charge in [0.2, 0.25) is 0 Å². The molecule has 1 atom stereocenters. The second kappa shape index (κ2) is 4.42. The van der Waals surface area contributed by atoms with Crippen molar-refractivity contribution in [2.45, 2.75) is 32.8 Å². The number of nitrogens with zero attached hydrogens (tertiary/aromatic N) is 2. The summed E-state index contributed by atoms with van der Waals surface area (Å²) in [6.45, 7) is 4.33. The van der Waals surface area contributed by atoms with E-state index in [1.807, 2.05) is 11.6 Å². The summed E-state index contributed by atoms with van der Waals surface area (Å²) in [5, 5.41) is 9.78. The van der Waals surface area contributed by atoms with Crippen molar-refractivity contribution >= 4 is 0 Å². The predicted molar refractivity (Wildman–Crippen MR) is 52.2 cm³/mol. The van der Waals surface area contributed by atoms with Crippen LogP contribution in [0.15, 0.2) is 12.5 Å². The largest absolute Gasteiger partial charge is 0.387 e. The van der Waals surface area contributed by atoms with Gasteiger partial charge in [0.25, 0.3) is 0 Å². The van der Waals surface area contributed by atoms with Crippen molar-refractivity contribution in [1.29, 1.82) is 0 Å². The Kier molecular flexibility index (Phi) is 3.48. The summed E-state index contributed by atoms with van der Waals surface area (Å²) < 4.78 is 1.87. The number of aryl methyl sites for hydroxylation is 1. The van der Waals surface area contributed by atoms with Crippen LogP contribution in [-0.2, 0) is 7.05 Å². The van der Waals surface area contributed by atoms with Crippen LogP contribution in [0, 0.1) is 5.92 Å². The standard InChI is InChI=1S/C10H18N2O/c1-8(2)4-5-10(13)9-6-11-7-12(9)3/h6-8,10,13H,4-5H2,1-3H3. The van der Waals surface area contributed by atoms with Crippen LogP contribution in [0.2, 0.25) is 0 Å². The van der Waals surface area contributed by atoms with Crippen LogP contribution in [-0.4, -0.2) is 14.7 Å². The fourth-order valence-electron chi connectivity index (χ4n) is 1.33. The summed E-state index contributed by atoms with van der Waals surface area (Å²) in [6, 6.07) is 0. The summed E-state index contributed by atoms with van der Waals surface area (Å²) in [4.78, 5) is 3.97. The lowest BCUT2D eigenvalue weighted by molar-refractivity contribution is 0.151. The Labute approximate surface area is 79.4 Å². The van der Waals surface area contributed by atoms with Crippen molar-refractivity contribution in [2.24, 2.45) is 13.0 Å². The first-order chi connectivity index (χ1) is 6.11. The Balaban J connectivity index is 2.49. The number of aromatic nitrogens is 2. The van der Waals surface area contributed by atoms with Gasteiger partial charge in [-0.3, -0.25) is 0 Å². The first-order valence-corrected chi connectivity index (χ1v) is 4.75. The molecule has 0 aliphatic heterocycles. The molecule has 0 radical (unpaired) electrons. The highest BCUT2D eigenvalue weighted by molar-refractivity contribution is 5.01. The summed E-state index contributed by atoms with van der Waals surface area (Å²) in [7, 11) is 1.90. The van der Waals surface area contributed by atoms with Gasteiger partial charge in [0.15, 0.2) is 0 Å². The maximum Gasteiger partial charge on any atom is 0.0955 e. The second-order valence-corrected chi connectivity index (χ2v) is 3.92. The lowest BCUT2D eigenvalue weighted by Crippen LogP contribution is -2.04. The van der Waals surface area contributed by atoms with E-state index in [2.05, 4.69) is 18.8 Å². The van der Waals surface area contributed by atoms with E-state index in [1.54, 1.807) is 12.5 Å². The molecule has 1 aromatic heterocycles. The van der Waals surface area contributed by atoms with E-state index in [0.717, 1.165) is 18.5 Å². The fourth-order valence-corrected chi connectivity index (χ4v) is 1.33. The summed E-state index contributed by atoms with van der Waals surface area (Å²) in [6.07, 6.45) is 4.94. The van der Waals surface area contributed by atoms with E-state index in [4.69, 9.17) is 0 Å². The minimum atomic E-state index is -0.366. The first kappa shape index (κ1) is 10.3. The molecule has 0 aliphatic carbocycles. The van der Waals surface area contributed by atoms with E-state index in [9.17, 15) is 5.11 Å². The second-order valence-electron chi connectivity index (χ2n) is 3.92. The van der Waals surface area contributed by atoms with Crippen LogP contribution >= 0.6 is 0 Å². The number of aliphatic hydroxyl groups excluding tert-OH is 1. The highest BCUT2D eigenvalue weighted by atomic mass is 16.3. The van der Waals surface area contributed by atoms with Crippen LogP contribution in [0.5, 0.6) is 0 Å². The van der Waals surface area contributed by atoms with Crippen LogP contribution in [0.25, 0.3) is 0 Å². The number of imidazole rings is 1.